The first-order valence-corrected chi connectivity index (χ1v) is 20.5. The van der Waals surface area contributed by atoms with Gasteiger partial charge in [0.1, 0.15) is 23.9 Å². The molecule has 15 heteroatoms. The van der Waals surface area contributed by atoms with Crippen LogP contribution in [0.5, 0.6) is 0 Å². The molecule has 7 rings (SSSR count). The number of benzene rings is 3. The largest absolute Gasteiger partial charge is 0.456 e. The van der Waals surface area contributed by atoms with Crippen LogP contribution >= 0.6 is 0 Å². The van der Waals surface area contributed by atoms with Crippen molar-refractivity contribution in [1.82, 2.24) is 5.32 Å². The molecule has 1 amide bonds. The Morgan fingerprint density at radius 1 is 0.823 bits per heavy atom. The molecule has 1 heterocycles. The van der Waals surface area contributed by atoms with Gasteiger partial charge in [0.2, 0.25) is 0 Å². The number of rotatable bonds is 10. The molecule has 2 saturated carbocycles. The molecule has 328 valence electrons. The number of Topliss-reactive ketones (excluding diaryl/α,β-unsaturated/α-hetero) is 1. The summed E-state index contributed by atoms with van der Waals surface area (Å²) in [4.78, 5) is 83.5. The van der Waals surface area contributed by atoms with Crippen LogP contribution in [-0.2, 0) is 42.9 Å². The Balaban J connectivity index is 1.39. The molecule has 1 aliphatic heterocycles. The lowest BCUT2D eigenvalue weighted by atomic mass is 9.44. The molecule has 3 aliphatic carbocycles. The van der Waals surface area contributed by atoms with Crippen molar-refractivity contribution in [1.29, 1.82) is 0 Å². The van der Waals surface area contributed by atoms with E-state index in [9.17, 15) is 39.3 Å². The molecule has 0 radical (unpaired) electrons. The minimum atomic E-state index is -2.39. The first-order valence-electron chi connectivity index (χ1n) is 20.5. The molecule has 15 nitrogen and oxygen atoms in total. The van der Waals surface area contributed by atoms with E-state index in [-0.39, 0.29) is 35.3 Å². The number of hydrogen-bond donors (Lipinski definition) is 4. The number of ether oxygens (including phenoxy) is 5. The highest BCUT2D eigenvalue weighted by Gasteiger charge is 2.78. The van der Waals surface area contributed by atoms with Crippen LogP contribution in [0.4, 0.5) is 0 Å². The van der Waals surface area contributed by atoms with Crippen LogP contribution < -0.4 is 5.32 Å². The second-order valence-corrected chi connectivity index (χ2v) is 17.4. The van der Waals surface area contributed by atoms with Gasteiger partial charge >= 0.3 is 23.9 Å². The number of carbonyl (C=O) groups excluding carboxylic acids is 6. The monoisotopic (exact) mass is 853 g/mol. The number of esters is 4. The summed E-state index contributed by atoms with van der Waals surface area (Å²) in [6.45, 7) is 7.97. The molecule has 3 aromatic carbocycles. The zero-order chi connectivity index (χ0) is 44.9. The minimum absolute atomic E-state index is 0.00289. The van der Waals surface area contributed by atoms with E-state index in [4.69, 9.17) is 23.7 Å². The number of nitrogens with one attached hydrogen (secondary N) is 1. The van der Waals surface area contributed by atoms with E-state index in [1.807, 2.05) is 0 Å². The van der Waals surface area contributed by atoms with E-state index in [0.717, 1.165) is 13.8 Å². The Morgan fingerprint density at radius 2 is 1.40 bits per heavy atom. The normalized spacial score (nSPS) is 31.9. The fourth-order valence-electron chi connectivity index (χ4n) is 10.2. The third-order valence-corrected chi connectivity index (χ3v) is 13.5. The highest BCUT2D eigenvalue weighted by molar-refractivity contribution is 5.96. The third-order valence-electron chi connectivity index (χ3n) is 13.5. The maximum atomic E-state index is 15.5. The number of aliphatic hydroxyl groups excluding tert-OH is 2. The lowest BCUT2D eigenvalue weighted by molar-refractivity contribution is -0.346. The van der Waals surface area contributed by atoms with Gasteiger partial charge in [0.15, 0.2) is 23.6 Å². The van der Waals surface area contributed by atoms with Crippen LogP contribution in [0.3, 0.4) is 0 Å². The smallest absolute Gasteiger partial charge is 0.338 e. The highest BCUT2D eigenvalue weighted by Crippen LogP contribution is 2.64. The maximum absolute atomic E-state index is 15.5. The van der Waals surface area contributed by atoms with Gasteiger partial charge in [-0.25, -0.2) is 9.59 Å². The standard InChI is InChI=1S/C47H51NO14/c1-25-31(60-43(56)36(52)35(28-16-10-7-11-17-28)48-41(54)29-18-12-8-13-19-29)23-47(57)40(61-42(55)30-20-14-9-15-21-30)38-45(6,32(51)22-33-46(38,24-58-33)62-27(3)50)39(53)37(59-26(2)49)34(25)44(47,4)5/h7-21,31-33,35-38,40,51-52,57H,22-24H2,1-6H3,(H,48,54)/t31-,32+,33+,35-,36+,37+,38?,40?,45+,46-,47+/m0/s1. The fourth-order valence-corrected chi connectivity index (χ4v) is 10.2. The molecular formula is C47H51NO14. The first kappa shape index (κ1) is 44.3. The van der Waals surface area contributed by atoms with Crippen LogP contribution in [0.15, 0.2) is 102 Å². The van der Waals surface area contributed by atoms with E-state index in [0.29, 0.717) is 5.56 Å². The van der Waals surface area contributed by atoms with Crippen molar-refractivity contribution in [3.8, 4) is 0 Å². The number of hydrogen-bond acceptors (Lipinski definition) is 14. The van der Waals surface area contributed by atoms with Crippen LogP contribution in [-0.4, -0.2) is 105 Å². The van der Waals surface area contributed by atoms with Crippen molar-refractivity contribution in [3.63, 3.8) is 0 Å². The number of carbonyl (C=O) groups is 6. The molecule has 62 heavy (non-hydrogen) atoms. The molecule has 3 fully saturated rings. The average Bonchev–Trinajstić information content (AvgIpc) is 3.24. The molecule has 2 unspecified atom stereocenters. The summed E-state index contributed by atoms with van der Waals surface area (Å²) in [6, 6.07) is 22.9. The Morgan fingerprint density at radius 3 is 1.95 bits per heavy atom. The molecular weight excluding hydrogens is 803 g/mol. The molecule has 1 saturated heterocycles. The molecule has 2 bridgehead atoms. The van der Waals surface area contributed by atoms with Crippen LogP contribution in [0.25, 0.3) is 0 Å². The second-order valence-electron chi connectivity index (χ2n) is 17.4. The summed E-state index contributed by atoms with van der Waals surface area (Å²) >= 11 is 0. The van der Waals surface area contributed by atoms with E-state index in [1.54, 1.807) is 92.7 Å². The molecule has 0 aromatic heterocycles. The van der Waals surface area contributed by atoms with Gasteiger partial charge in [-0.15, -0.1) is 0 Å². The summed E-state index contributed by atoms with van der Waals surface area (Å²) in [5.41, 5.74) is -7.02. The van der Waals surface area contributed by atoms with Crippen molar-refractivity contribution in [2.45, 2.75) is 108 Å². The van der Waals surface area contributed by atoms with Crippen molar-refractivity contribution in [3.05, 3.63) is 119 Å². The van der Waals surface area contributed by atoms with Gasteiger partial charge in [-0.1, -0.05) is 80.6 Å². The maximum Gasteiger partial charge on any atom is 0.338 e. The molecule has 4 N–H and O–H groups in total. The van der Waals surface area contributed by atoms with Crippen molar-refractivity contribution < 1.29 is 67.8 Å². The SMILES string of the molecule is CC(=O)O[C@H]1C(=O)[C@@]2(C)C(C(OC(=O)c3ccccc3)[C@]3(O)C[C@H](OC(=O)[C@H](O)[C@@H](NC(=O)c4ccccc4)c4ccccc4)C(C)=C1C3(C)C)[C@]1(OC(C)=O)CO[C@@H]1C[C@H]2O. The summed E-state index contributed by atoms with van der Waals surface area (Å²) < 4.78 is 30.3. The minimum Gasteiger partial charge on any atom is -0.456 e. The summed E-state index contributed by atoms with van der Waals surface area (Å²) in [7, 11) is 0. The zero-order valence-electron chi connectivity index (χ0n) is 35.2. The van der Waals surface area contributed by atoms with Gasteiger partial charge in [-0.05, 0) is 54.8 Å². The van der Waals surface area contributed by atoms with Crippen LogP contribution in [0.2, 0.25) is 0 Å². The fraction of sp³-hybridized carbons (Fsp3) is 0.447. The number of fused-ring (bicyclic) bond motifs is 5. The highest BCUT2D eigenvalue weighted by atomic mass is 16.6. The van der Waals surface area contributed by atoms with Crippen LogP contribution in [0, 0.1) is 16.7 Å². The molecule has 0 spiro atoms. The third kappa shape index (κ3) is 7.29. The Hall–Kier alpha value is -5.74. The quantitative estimate of drug-likeness (QED) is 0.130. The van der Waals surface area contributed by atoms with Gasteiger partial charge in [-0.3, -0.25) is 19.2 Å². The van der Waals surface area contributed by atoms with Gasteiger partial charge in [-0.2, -0.15) is 0 Å². The van der Waals surface area contributed by atoms with E-state index in [1.165, 1.54) is 26.0 Å². The zero-order valence-corrected chi connectivity index (χ0v) is 35.2. The van der Waals surface area contributed by atoms with Crippen molar-refractivity contribution in [2.24, 2.45) is 16.7 Å². The first-order chi connectivity index (χ1) is 29.3. The molecule has 4 aliphatic rings. The molecule has 11 atom stereocenters. The van der Waals surface area contributed by atoms with E-state index in [2.05, 4.69) is 5.32 Å². The van der Waals surface area contributed by atoms with Crippen molar-refractivity contribution >= 4 is 35.6 Å². The summed E-state index contributed by atoms with van der Waals surface area (Å²) in [5, 5.41) is 40.2. The Bertz CT molecular complexity index is 2280. The van der Waals surface area contributed by atoms with Gasteiger partial charge in [0.05, 0.1) is 35.6 Å². The average molecular weight is 854 g/mol. The van der Waals surface area contributed by atoms with E-state index >= 15 is 4.79 Å². The summed E-state index contributed by atoms with van der Waals surface area (Å²) in [6.07, 6.45) is -10.5. The van der Waals surface area contributed by atoms with Crippen LogP contribution in [0.1, 0.15) is 86.7 Å². The summed E-state index contributed by atoms with van der Waals surface area (Å²) in [5.74, 6) is -6.84. The van der Waals surface area contributed by atoms with Crippen molar-refractivity contribution in [2.75, 3.05) is 6.61 Å². The number of aliphatic hydroxyl groups is 3. The Labute approximate surface area is 358 Å². The van der Waals surface area contributed by atoms with Gasteiger partial charge < -0.3 is 44.3 Å². The second kappa shape index (κ2) is 16.5. The molecule has 3 aromatic rings. The predicted molar refractivity (Wildman–Crippen MR) is 218 cm³/mol. The predicted octanol–water partition coefficient (Wildman–Crippen LogP) is 3.74. The lowest BCUT2D eigenvalue weighted by Gasteiger charge is -2.67. The lowest BCUT2D eigenvalue weighted by Crippen LogP contribution is -2.82. The Kier molecular flexibility index (Phi) is 11.8. The number of ketones is 1. The van der Waals surface area contributed by atoms with E-state index < -0.39 is 113 Å². The van der Waals surface area contributed by atoms with Gasteiger partial charge in [0.25, 0.3) is 5.91 Å². The number of amides is 1. The van der Waals surface area contributed by atoms with Gasteiger partial charge in [0, 0.05) is 37.7 Å². The topological polar surface area (TPSA) is 221 Å².